The molecule has 30 heavy (non-hydrogen) atoms. The zero-order valence-corrected chi connectivity index (χ0v) is 17.6. The van der Waals surface area contributed by atoms with Crippen molar-refractivity contribution in [2.24, 2.45) is 0 Å². The molecule has 0 saturated carbocycles. The second-order valence-electron chi connectivity index (χ2n) is 6.61. The first-order valence-electron chi connectivity index (χ1n) is 9.62. The minimum atomic E-state index is -3.48. The van der Waals surface area contributed by atoms with Gasteiger partial charge < -0.3 is 14.8 Å². The average Bonchev–Trinajstić information content (AvgIpc) is 3.32. The van der Waals surface area contributed by atoms with Gasteiger partial charge in [0.2, 0.25) is 10.0 Å². The molecule has 1 fully saturated rings. The number of methoxy groups -OCH3 is 1. The van der Waals surface area contributed by atoms with Crippen LogP contribution in [0.2, 0.25) is 0 Å². The molecule has 8 heteroatoms. The third-order valence-electron chi connectivity index (χ3n) is 4.65. The number of rotatable bonds is 7. The molecule has 2 aromatic rings. The number of carbonyl (C=O) groups excluding carboxylic acids is 1. The number of nitrogens with zero attached hydrogens (tertiary/aromatic N) is 1. The normalized spacial score (nSPS) is 13.9. The van der Waals surface area contributed by atoms with E-state index in [9.17, 15) is 13.2 Å². The lowest BCUT2D eigenvalue weighted by atomic mass is 10.2. The number of hydrogen-bond acceptors (Lipinski definition) is 5. The van der Waals surface area contributed by atoms with Crippen molar-refractivity contribution in [2.45, 2.75) is 17.7 Å². The van der Waals surface area contributed by atoms with E-state index < -0.39 is 10.0 Å². The maximum Gasteiger partial charge on any atom is 0.252 e. The molecule has 1 aliphatic heterocycles. The summed E-state index contributed by atoms with van der Waals surface area (Å²) in [5, 5.41) is 2.68. The van der Waals surface area contributed by atoms with Gasteiger partial charge in [-0.15, -0.1) is 0 Å². The Kier molecular flexibility index (Phi) is 7.33. The summed E-state index contributed by atoms with van der Waals surface area (Å²) in [6.07, 6.45) is 1.76. The first-order chi connectivity index (χ1) is 14.5. The second-order valence-corrected chi connectivity index (χ2v) is 8.55. The third kappa shape index (κ3) is 5.32. The van der Waals surface area contributed by atoms with Gasteiger partial charge in [0, 0.05) is 18.7 Å². The van der Waals surface area contributed by atoms with Crippen molar-refractivity contribution in [1.82, 2.24) is 9.62 Å². The van der Waals surface area contributed by atoms with Gasteiger partial charge >= 0.3 is 0 Å². The fourth-order valence-electron chi connectivity index (χ4n) is 3.05. The van der Waals surface area contributed by atoms with Crippen LogP contribution in [0, 0.1) is 11.8 Å². The monoisotopic (exact) mass is 428 g/mol. The van der Waals surface area contributed by atoms with Crippen molar-refractivity contribution in [1.29, 1.82) is 0 Å². The van der Waals surface area contributed by atoms with Gasteiger partial charge in [0.1, 0.15) is 6.61 Å². The van der Waals surface area contributed by atoms with E-state index in [1.165, 1.54) is 28.6 Å². The summed E-state index contributed by atoms with van der Waals surface area (Å²) >= 11 is 0. The summed E-state index contributed by atoms with van der Waals surface area (Å²) in [5.74, 6) is 6.55. The van der Waals surface area contributed by atoms with Crippen molar-refractivity contribution in [3.8, 4) is 23.3 Å². The van der Waals surface area contributed by atoms with E-state index in [4.69, 9.17) is 9.47 Å². The van der Waals surface area contributed by atoms with E-state index in [2.05, 4.69) is 17.2 Å². The quantitative estimate of drug-likeness (QED) is 0.684. The number of carbonyl (C=O) groups is 1. The molecule has 0 spiro atoms. The number of amides is 1. The number of hydrogen-bond donors (Lipinski definition) is 1. The molecule has 158 valence electrons. The molecule has 0 atom stereocenters. The molecule has 7 nitrogen and oxygen atoms in total. The van der Waals surface area contributed by atoms with Crippen LogP contribution >= 0.6 is 0 Å². The Morgan fingerprint density at radius 3 is 2.37 bits per heavy atom. The predicted molar refractivity (Wildman–Crippen MR) is 113 cm³/mol. The van der Waals surface area contributed by atoms with Crippen molar-refractivity contribution >= 4 is 15.9 Å². The van der Waals surface area contributed by atoms with Crippen LogP contribution in [0.15, 0.2) is 53.4 Å². The van der Waals surface area contributed by atoms with E-state index >= 15 is 0 Å². The Balaban J connectivity index is 1.48. The van der Waals surface area contributed by atoms with Crippen molar-refractivity contribution in [3.63, 3.8) is 0 Å². The fraction of sp³-hybridized carbons (Fsp3) is 0.318. The summed E-state index contributed by atoms with van der Waals surface area (Å²) in [6.45, 7) is 1.41. The molecule has 3 rings (SSSR count). The van der Waals surface area contributed by atoms with E-state index in [0.717, 1.165) is 12.8 Å². The number of sulfonamides is 1. The summed E-state index contributed by atoms with van der Waals surface area (Å²) in [5.41, 5.74) is 0.377. The van der Waals surface area contributed by atoms with E-state index in [-0.39, 0.29) is 24.0 Å². The summed E-state index contributed by atoms with van der Waals surface area (Å²) < 4.78 is 37.2. The van der Waals surface area contributed by atoms with Gasteiger partial charge in [-0.25, -0.2) is 8.42 Å². The van der Waals surface area contributed by atoms with Gasteiger partial charge in [0.25, 0.3) is 5.91 Å². The highest BCUT2D eigenvalue weighted by atomic mass is 32.2. The SMILES string of the molecule is COc1ccccc1OCC#CCNC(=O)c1ccc(S(=O)(=O)N2CCCC2)cc1. The van der Waals surface area contributed by atoms with E-state index in [0.29, 0.717) is 30.2 Å². The van der Waals surface area contributed by atoms with Crippen molar-refractivity contribution < 1.29 is 22.7 Å². The minimum absolute atomic E-state index is 0.155. The van der Waals surface area contributed by atoms with Crippen LogP contribution in [0.3, 0.4) is 0 Å². The van der Waals surface area contributed by atoms with Gasteiger partial charge in [-0.1, -0.05) is 24.0 Å². The van der Waals surface area contributed by atoms with Gasteiger partial charge in [0.05, 0.1) is 18.6 Å². The Hall–Kier alpha value is -3.02. The van der Waals surface area contributed by atoms with Crippen LogP contribution < -0.4 is 14.8 Å². The number of para-hydroxylation sites is 2. The highest BCUT2D eigenvalue weighted by molar-refractivity contribution is 7.89. The molecule has 1 saturated heterocycles. The summed E-state index contributed by atoms with van der Waals surface area (Å²) in [4.78, 5) is 12.4. The zero-order chi connectivity index (χ0) is 21.4. The Labute approximate surface area is 177 Å². The Morgan fingerprint density at radius 2 is 1.70 bits per heavy atom. The molecule has 1 N–H and O–H groups in total. The standard InChI is InChI=1S/C22H24N2O5S/c1-28-20-8-2-3-9-21(20)29-17-7-4-14-23-22(25)18-10-12-19(13-11-18)30(26,27)24-15-5-6-16-24/h2-3,8-13H,5-6,14-17H2,1H3,(H,23,25). The lowest BCUT2D eigenvalue weighted by Gasteiger charge is -2.15. The van der Waals surface area contributed by atoms with Crippen LogP contribution in [0.5, 0.6) is 11.5 Å². The summed E-state index contributed by atoms with van der Waals surface area (Å²) in [6, 6.07) is 13.2. The number of ether oxygens (including phenoxy) is 2. The van der Waals surface area contributed by atoms with Crippen LogP contribution in [-0.4, -0.2) is 52.0 Å². The maximum atomic E-state index is 12.5. The van der Waals surface area contributed by atoms with E-state index in [1.54, 1.807) is 19.2 Å². The molecule has 0 unspecified atom stereocenters. The second kappa shape index (κ2) is 10.1. The molecule has 2 aromatic carbocycles. The van der Waals surface area contributed by atoms with Crippen LogP contribution in [-0.2, 0) is 10.0 Å². The fourth-order valence-corrected chi connectivity index (χ4v) is 4.56. The third-order valence-corrected chi connectivity index (χ3v) is 6.56. The maximum absolute atomic E-state index is 12.5. The van der Waals surface area contributed by atoms with Crippen LogP contribution in [0.4, 0.5) is 0 Å². The van der Waals surface area contributed by atoms with E-state index in [1.807, 2.05) is 12.1 Å². The Bertz CT molecular complexity index is 1030. The average molecular weight is 429 g/mol. The molecule has 0 bridgehead atoms. The lowest BCUT2D eigenvalue weighted by molar-refractivity contribution is 0.0958. The Morgan fingerprint density at radius 1 is 1.03 bits per heavy atom. The number of nitrogens with one attached hydrogen (secondary N) is 1. The molecule has 0 radical (unpaired) electrons. The topological polar surface area (TPSA) is 84.9 Å². The van der Waals surface area contributed by atoms with Crippen LogP contribution in [0.1, 0.15) is 23.2 Å². The predicted octanol–water partition coefficient (Wildman–Crippen LogP) is 2.29. The van der Waals surface area contributed by atoms with Gasteiger partial charge in [0.15, 0.2) is 11.5 Å². The molecular formula is C22H24N2O5S. The van der Waals surface area contributed by atoms with Crippen molar-refractivity contribution in [2.75, 3.05) is 33.4 Å². The summed E-state index contributed by atoms with van der Waals surface area (Å²) in [7, 11) is -1.91. The minimum Gasteiger partial charge on any atom is -0.493 e. The highest BCUT2D eigenvalue weighted by Crippen LogP contribution is 2.25. The molecule has 1 amide bonds. The molecule has 1 aliphatic rings. The van der Waals surface area contributed by atoms with Gasteiger partial charge in [-0.2, -0.15) is 4.31 Å². The molecular weight excluding hydrogens is 404 g/mol. The highest BCUT2D eigenvalue weighted by Gasteiger charge is 2.27. The number of benzene rings is 2. The van der Waals surface area contributed by atoms with Crippen LogP contribution in [0.25, 0.3) is 0 Å². The first-order valence-corrected chi connectivity index (χ1v) is 11.1. The molecule has 0 aromatic heterocycles. The first kappa shape index (κ1) is 21.7. The largest absolute Gasteiger partial charge is 0.493 e. The van der Waals surface area contributed by atoms with Gasteiger partial charge in [-0.05, 0) is 49.2 Å². The zero-order valence-electron chi connectivity index (χ0n) is 16.8. The van der Waals surface area contributed by atoms with Crippen molar-refractivity contribution in [3.05, 3.63) is 54.1 Å². The lowest BCUT2D eigenvalue weighted by Crippen LogP contribution is -2.28. The van der Waals surface area contributed by atoms with Gasteiger partial charge in [-0.3, -0.25) is 4.79 Å². The molecule has 1 heterocycles. The smallest absolute Gasteiger partial charge is 0.252 e. The molecule has 0 aliphatic carbocycles.